The van der Waals surface area contributed by atoms with Crippen molar-refractivity contribution >= 4 is 11.9 Å². The van der Waals surface area contributed by atoms with Crippen molar-refractivity contribution in [1.82, 2.24) is 10.3 Å². The van der Waals surface area contributed by atoms with Crippen LogP contribution < -0.4 is 10.9 Å². The first kappa shape index (κ1) is 19.6. The lowest BCUT2D eigenvalue weighted by Gasteiger charge is -2.27. The molecule has 1 saturated carbocycles. The monoisotopic (exact) mass is 374 g/mol. The van der Waals surface area contributed by atoms with Gasteiger partial charge in [0.2, 0.25) is 0 Å². The zero-order valence-electron chi connectivity index (χ0n) is 15.9. The van der Waals surface area contributed by atoms with E-state index < -0.39 is 5.97 Å². The molecule has 1 unspecified atom stereocenters. The number of carboxylic acids is 1. The molecular formula is C21H30N2O4. The third kappa shape index (κ3) is 5.44. The lowest BCUT2D eigenvalue weighted by Crippen LogP contribution is -2.39. The predicted molar refractivity (Wildman–Crippen MR) is 103 cm³/mol. The molecule has 6 nitrogen and oxygen atoms in total. The SMILES string of the molecule is O=C(O)CCC(CC1CCCCC1)NC(=O)c1cc2c([nH]c1=O)CCCC2. The number of pyridine rings is 1. The first-order valence-corrected chi connectivity index (χ1v) is 10.3. The Hall–Kier alpha value is -2.11. The second-order valence-electron chi connectivity index (χ2n) is 8.07. The Kier molecular flexibility index (Phi) is 6.69. The molecule has 148 valence electrons. The highest BCUT2D eigenvalue weighted by molar-refractivity contribution is 5.94. The van der Waals surface area contributed by atoms with E-state index in [2.05, 4.69) is 10.3 Å². The number of hydrogen-bond donors (Lipinski definition) is 3. The average molecular weight is 374 g/mol. The van der Waals surface area contributed by atoms with Crippen LogP contribution in [0.15, 0.2) is 10.9 Å². The number of hydrogen-bond acceptors (Lipinski definition) is 3. The Balaban J connectivity index is 1.70. The van der Waals surface area contributed by atoms with Crippen molar-refractivity contribution in [3.8, 4) is 0 Å². The molecular weight excluding hydrogens is 344 g/mol. The summed E-state index contributed by atoms with van der Waals surface area (Å²) in [5.41, 5.74) is 1.82. The lowest BCUT2D eigenvalue weighted by molar-refractivity contribution is -0.137. The summed E-state index contributed by atoms with van der Waals surface area (Å²) in [6.45, 7) is 0. The molecule has 27 heavy (non-hydrogen) atoms. The fourth-order valence-corrected chi connectivity index (χ4v) is 4.48. The highest BCUT2D eigenvalue weighted by Gasteiger charge is 2.23. The van der Waals surface area contributed by atoms with Gasteiger partial charge in [0.1, 0.15) is 5.56 Å². The third-order valence-electron chi connectivity index (χ3n) is 5.97. The van der Waals surface area contributed by atoms with Crippen LogP contribution in [0.4, 0.5) is 0 Å². The maximum atomic E-state index is 12.8. The standard InChI is InChI=1S/C21H30N2O4/c24-19(25)11-10-16(12-14-6-2-1-3-7-14)22-20(26)17-13-15-8-4-5-9-18(15)23-21(17)27/h13-14,16H,1-12H2,(H,22,26)(H,23,27)(H,24,25). The number of nitrogens with one attached hydrogen (secondary N) is 2. The fourth-order valence-electron chi connectivity index (χ4n) is 4.48. The van der Waals surface area contributed by atoms with E-state index in [0.29, 0.717) is 12.3 Å². The van der Waals surface area contributed by atoms with E-state index in [-0.39, 0.29) is 29.5 Å². The smallest absolute Gasteiger partial charge is 0.303 e. The summed E-state index contributed by atoms with van der Waals surface area (Å²) in [6, 6.07) is 1.53. The molecule has 3 rings (SSSR count). The molecule has 3 N–H and O–H groups in total. The number of aromatic nitrogens is 1. The molecule has 0 aromatic carbocycles. The number of fused-ring (bicyclic) bond motifs is 1. The second kappa shape index (κ2) is 9.20. The summed E-state index contributed by atoms with van der Waals surface area (Å²) < 4.78 is 0. The van der Waals surface area contributed by atoms with Gasteiger partial charge in [-0.05, 0) is 56.1 Å². The summed E-state index contributed by atoms with van der Waals surface area (Å²) in [5.74, 6) is -0.708. The molecule has 1 aromatic rings. The van der Waals surface area contributed by atoms with E-state index >= 15 is 0 Å². The van der Waals surface area contributed by atoms with Gasteiger partial charge in [-0.1, -0.05) is 32.1 Å². The topological polar surface area (TPSA) is 99.3 Å². The van der Waals surface area contributed by atoms with Crippen LogP contribution >= 0.6 is 0 Å². The highest BCUT2D eigenvalue weighted by Crippen LogP contribution is 2.28. The average Bonchev–Trinajstić information content (AvgIpc) is 2.66. The highest BCUT2D eigenvalue weighted by atomic mass is 16.4. The van der Waals surface area contributed by atoms with Gasteiger partial charge in [-0.2, -0.15) is 0 Å². The predicted octanol–water partition coefficient (Wildman–Crippen LogP) is 3.19. The zero-order valence-corrected chi connectivity index (χ0v) is 15.9. The maximum absolute atomic E-state index is 12.8. The molecule has 1 amide bonds. The van der Waals surface area contributed by atoms with Gasteiger partial charge in [0.05, 0.1) is 0 Å². The summed E-state index contributed by atoms with van der Waals surface area (Å²) in [7, 11) is 0. The van der Waals surface area contributed by atoms with Gasteiger partial charge < -0.3 is 15.4 Å². The molecule has 0 aliphatic heterocycles. The van der Waals surface area contributed by atoms with Crippen molar-refractivity contribution < 1.29 is 14.7 Å². The van der Waals surface area contributed by atoms with Crippen LogP contribution in [-0.2, 0) is 17.6 Å². The summed E-state index contributed by atoms with van der Waals surface area (Å²) >= 11 is 0. The van der Waals surface area contributed by atoms with E-state index in [9.17, 15) is 14.4 Å². The Morgan fingerprint density at radius 2 is 1.89 bits per heavy atom. The van der Waals surface area contributed by atoms with Crippen molar-refractivity contribution in [2.24, 2.45) is 5.92 Å². The summed E-state index contributed by atoms with van der Waals surface area (Å²) in [4.78, 5) is 39.0. The molecule has 0 spiro atoms. The van der Waals surface area contributed by atoms with Crippen molar-refractivity contribution in [1.29, 1.82) is 0 Å². The minimum Gasteiger partial charge on any atom is -0.481 e. The van der Waals surface area contributed by atoms with E-state index in [1.807, 2.05) is 0 Å². The molecule has 1 aromatic heterocycles. The van der Waals surface area contributed by atoms with Crippen LogP contribution in [0.25, 0.3) is 0 Å². The molecule has 1 heterocycles. The first-order valence-electron chi connectivity index (χ1n) is 10.3. The third-order valence-corrected chi connectivity index (χ3v) is 5.97. The normalized spacial score (nSPS) is 18.5. The number of rotatable bonds is 7. The van der Waals surface area contributed by atoms with Gasteiger partial charge in [-0.25, -0.2) is 0 Å². The molecule has 1 fully saturated rings. The van der Waals surface area contributed by atoms with Crippen molar-refractivity contribution in [3.63, 3.8) is 0 Å². The summed E-state index contributed by atoms with van der Waals surface area (Å²) in [6.07, 6.45) is 11.0. The van der Waals surface area contributed by atoms with Crippen LogP contribution in [0.1, 0.15) is 85.8 Å². The van der Waals surface area contributed by atoms with Crippen LogP contribution in [-0.4, -0.2) is 28.0 Å². The number of carbonyl (C=O) groups excluding carboxylic acids is 1. The Morgan fingerprint density at radius 3 is 2.63 bits per heavy atom. The Bertz CT molecular complexity index is 734. The molecule has 0 saturated heterocycles. The van der Waals surface area contributed by atoms with Crippen LogP contribution in [0, 0.1) is 5.92 Å². The van der Waals surface area contributed by atoms with Crippen LogP contribution in [0.5, 0.6) is 0 Å². The number of aliphatic carboxylic acids is 1. The Labute approximate surface area is 159 Å². The van der Waals surface area contributed by atoms with Crippen molar-refractivity contribution in [2.75, 3.05) is 0 Å². The van der Waals surface area contributed by atoms with Gasteiger partial charge in [-0.3, -0.25) is 14.4 Å². The van der Waals surface area contributed by atoms with Crippen LogP contribution in [0.2, 0.25) is 0 Å². The lowest BCUT2D eigenvalue weighted by atomic mass is 9.84. The Morgan fingerprint density at radius 1 is 1.15 bits per heavy atom. The van der Waals surface area contributed by atoms with E-state index in [1.165, 1.54) is 19.3 Å². The van der Waals surface area contributed by atoms with E-state index in [4.69, 9.17) is 5.11 Å². The van der Waals surface area contributed by atoms with E-state index in [1.54, 1.807) is 6.07 Å². The zero-order chi connectivity index (χ0) is 19.2. The fraction of sp³-hybridized carbons (Fsp3) is 0.667. The van der Waals surface area contributed by atoms with Gasteiger partial charge >= 0.3 is 5.97 Å². The number of aromatic amines is 1. The largest absolute Gasteiger partial charge is 0.481 e. The number of carbonyl (C=O) groups is 2. The van der Waals surface area contributed by atoms with Gasteiger partial charge in [0.15, 0.2) is 0 Å². The van der Waals surface area contributed by atoms with Gasteiger partial charge in [-0.15, -0.1) is 0 Å². The van der Waals surface area contributed by atoms with Gasteiger partial charge in [0.25, 0.3) is 11.5 Å². The minimum absolute atomic E-state index is 0.0260. The molecule has 0 radical (unpaired) electrons. The van der Waals surface area contributed by atoms with E-state index in [0.717, 1.165) is 56.2 Å². The quantitative estimate of drug-likeness (QED) is 0.682. The maximum Gasteiger partial charge on any atom is 0.303 e. The summed E-state index contributed by atoms with van der Waals surface area (Å²) in [5, 5.41) is 12.0. The van der Waals surface area contributed by atoms with Gasteiger partial charge in [0, 0.05) is 18.2 Å². The number of aryl methyl sites for hydroxylation is 2. The number of amides is 1. The van der Waals surface area contributed by atoms with Crippen LogP contribution in [0.3, 0.4) is 0 Å². The number of H-pyrrole nitrogens is 1. The molecule has 1 atom stereocenters. The molecule has 6 heteroatoms. The minimum atomic E-state index is -0.857. The number of carboxylic acid groups (broad SMARTS) is 1. The molecule has 2 aliphatic rings. The first-order chi connectivity index (χ1) is 13.0. The molecule has 0 bridgehead atoms. The second-order valence-corrected chi connectivity index (χ2v) is 8.07. The van der Waals surface area contributed by atoms with Crippen molar-refractivity contribution in [3.05, 3.63) is 33.2 Å². The molecule has 2 aliphatic carbocycles. The van der Waals surface area contributed by atoms with Crippen molar-refractivity contribution in [2.45, 2.75) is 83.1 Å².